The van der Waals surface area contributed by atoms with Crippen LogP contribution in [0.25, 0.3) is 5.78 Å². The quantitative estimate of drug-likeness (QED) is 0.762. The standard InChI is InChI=1S/C11H16N6O/c1-8-5-9(16(4)6-10(18)15(2)3)17-11(14-8)12-7-13-17/h5,7H,6H2,1-4H3. The van der Waals surface area contributed by atoms with Gasteiger partial charge in [-0.1, -0.05) is 0 Å². The fourth-order valence-electron chi connectivity index (χ4n) is 1.61. The largest absolute Gasteiger partial charge is 0.350 e. The van der Waals surface area contributed by atoms with E-state index in [-0.39, 0.29) is 12.5 Å². The zero-order valence-corrected chi connectivity index (χ0v) is 11.0. The Morgan fingerprint density at radius 3 is 2.78 bits per heavy atom. The second kappa shape index (κ2) is 4.59. The van der Waals surface area contributed by atoms with E-state index in [1.807, 2.05) is 24.9 Å². The van der Waals surface area contributed by atoms with E-state index in [0.29, 0.717) is 5.78 Å². The van der Waals surface area contributed by atoms with Crippen molar-refractivity contribution >= 4 is 17.5 Å². The van der Waals surface area contributed by atoms with Crippen LogP contribution in [0.2, 0.25) is 0 Å². The van der Waals surface area contributed by atoms with Gasteiger partial charge in [-0.15, -0.1) is 0 Å². The lowest BCUT2D eigenvalue weighted by Crippen LogP contribution is -2.35. The van der Waals surface area contributed by atoms with E-state index in [9.17, 15) is 4.79 Å². The Labute approximate surface area is 105 Å². The van der Waals surface area contributed by atoms with E-state index in [2.05, 4.69) is 15.1 Å². The zero-order chi connectivity index (χ0) is 13.3. The van der Waals surface area contributed by atoms with Gasteiger partial charge in [0, 0.05) is 32.9 Å². The molecule has 0 aliphatic heterocycles. The van der Waals surface area contributed by atoms with Crippen LogP contribution in [-0.4, -0.2) is 58.1 Å². The van der Waals surface area contributed by atoms with Gasteiger partial charge in [0.05, 0.1) is 6.54 Å². The maximum Gasteiger partial charge on any atom is 0.254 e. The molecule has 7 heteroatoms. The predicted octanol–water partition coefficient (Wildman–Crippen LogP) is -0.0429. The van der Waals surface area contributed by atoms with Crippen molar-refractivity contribution in [3.8, 4) is 0 Å². The molecule has 2 rings (SSSR count). The van der Waals surface area contributed by atoms with Crippen molar-refractivity contribution in [1.82, 2.24) is 24.5 Å². The van der Waals surface area contributed by atoms with E-state index in [1.165, 1.54) is 6.33 Å². The molecule has 0 atom stereocenters. The van der Waals surface area contributed by atoms with Gasteiger partial charge in [0.2, 0.25) is 5.91 Å². The summed E-state index contributed by atoms with van der Waals surface area (Å²) >= 11 is 0. The highest BCUT2D eigenvalue weighted by molar-refractivity contribution is 5.80. The van der Waals surface area contributed by atoms with E-state index in [4.69, 9.17) is 0 Å². The van der Waals surface area contributed by atoms with Crippen LogP contribution in [0.4, 0.5) is 5.82 Å². The summed E-state index contributed by atoms with van der Waals surface area (Å²) in [5.41, 5.74) is 0.842. The Balaban J connectivity index is 2.35. The Bertz CT molecular complexity index is 576. The number of likely N-dealkylation sites (N-methyl/N-ethyl adjacent to an activating group) is 2. The number of amides is 1. The van der Waals surface area contributed by atoms with Crippen molar-refractivity contribution in [3.63, 3.8) is 0 Å². The summed E-state index contributed by atoms with van der Waals surface area (Å²) in [6.07, 6.45) is 1.45. The number of carbonyl (C=O) groups excluding carboxylic acids is 1. The van der Waals surface area contributed by atoms with Gasteiger partial charge in [-0.05, 0) is 6.92 Å². The second-order valence-electron chi connectivity index (χ2n) is 4.37. The van der Waals surface area contributed by atoms with Crippen LogP contribution >= 0.6 is 0 Å². The minimum absolute atomic E-state index is 0.0280. The molecule has 7 nitrogen and oxygen atoms in total. The van der Waals surface area contributed by atoms with E-state index in [0.717, 1.165) is 11.5 Å². The second-order valence-corrected chi connectivity index (χ2v) is 4.37. The fraction of sp³-hybridized carbons (Fsp3) is 0.455. The van der Waals surface area contributed by atoms with E-state index in [1.54, 1.807) is 23.5 Å². The molecular formula is C11H16N6O. The van der Waals surface area contributed by atoms with Gasteiger partial charge in [0.25, 0.3) is 5.78 Å². The lowest BCUT2D eigenvalue weighted by molar-refractivity contribution is -0.127. The van der Waals surface area contributed by atoms with Crippen molar-refractivity contribution < 1.29 is 4.79 Å². The fourth-order valence-corrected chi connectivity index (χ4v) is 1.61. The first-order chi connectivity index (χ1) is 8.49. The molecule has 0 unspecified atom stereocenters. The average Bonchev–Trinajstić information content (AvgIpc) is 2.75. The number of nitrogens with zero attached hydrogens (tertiary/aromatic N) is 6. The maximum absolute atomic E-state index is 11.7. The lowest BCUT2D eigenvalue weighted by atomic mass is 10.4. The number of fused-ring (bicyclic) bond motifs is 1. The van der Waals surface area contributed by atoms with Gasteiger partial charge in [0.15, 0.2) is 0 Å². The Kier molecular flexibility index (Phi) is 3.14. The molecule has 0 N–H and O–H groups in total. The highest BCUT2D eigenvalue weighted by Crippen LogP contribution is 2.14. The van der Waals surface area contributed by atoms with Crippen LogP contribution in [0.15, 0.2) is 12.4 Å². The molecule has 18 heavy (non-hydrogen) atoms. The van der Waals surface area contributed by atoms with E-state index < -0.39 is 0 Å². The summed E-state index contributed by atoms with van der Waals surface area (Å²) in [7, 11) is 5.31. The molecule has 2 aromatic rings. The van der Waals surface area contributed by atoms with Crippen LogP contribution in [0.5, 0.6) is 0 Å². The molecule has 0 aliphatic rings. The molecule has 2 aromatic heterocycles. The summed E-state index contributed by atoms with van der Waals surface area (Å²) < 4.78 is 1.62. The van der Waals surface area contributed by atoms with Gasteiger partial charge in [-0.2, -0.15) is 14.6 Å². The van der Waals surface area contributed by atoms with Crippen molar-refractivity contribution in [2.75, 3.05) is 32.6 Å². The number of aromatic nitrogens is 4. The van der Waals surface area contributed by atoms with Crippen LogP contribution in [0.3, 0.4) is 0 Å². The molecule has 0 fully saturated rings. The Morgan fingerprint density at radius 2 is 2.11 bits per heavy atom. The lowest BCUT2D eigenvalue weighted by Gasteiger charge is -2.21. The highest BCUT2D eigenvalue weighted by Gasteiger charge is 2.13. The maximum atomic E-state index is 11.7. The van der Waals surface area contributed by atoms with Crippen LogP contribution in [-0.2, 0) is 4.79 Å². The Morgan fingerprint density at radius 1 is 1.39 bits per heavy atom. The molecule has 96 valence electrons. The molecule has 0 aliphatic carbocycles. The van der Waals surface area contributed by atoms with Gasteiger partial charge in [-0.25, -0.2) is 4.98 Å². The van der Waals surface area contributed by atoms with Crippen LogP contribution in [0.1, 0.15) is 5.69 Å². The third-order valence-electron chi connectivity index (χ3n) is 2.62. The van der Waals surface area contributed by atoms with Gasteiger partial charge in [-0.3, -0.25) is 4.79 Å². The highest BCUT2D eigenvalue weighted by atomic mass is 16.2. The number of carbonyl (C=O) groups is 1. The molecule has 0 saturated carbocycles. The van der Waals surface area contributed by atoms with Crippen LogP contribution < -0.4 is 4.90 Å². The molecule has 0 spiro atoms. The first-order valence-corrected chi connectivity index (χ1v) is 5.57. The summed E-state index contributed by atoms with van der Waals surface area (Å²) in [6.45, 7) is 2.17. The summed E-state index contributed by atoms with van der Waals surface area (Å²) in [6, 6.07) is 1.88. The summed E-state index contributed by atoms with van der Waals surface area (Å²) in [4.78, 5) is 23.4. The topological polar surface area (TPSA) is 66.6 Å². The third kappa shape index (κ3) is 2.24. The third-order valence-corrected chi connectivity index (χ3v) is 2.62. The first-order valence-electron chi connectivity index (χ1n) is 5.57. The number of anilines is 1. The zero-order valence-electron chi connectivity index (χ0n) is 11.0. The average molecular weight is 248 g/mol. The summed E-state index contributed by atoms with van der Waals surface area (Å²) in [5, 5.41) is 4.11. The van der Waals surface area contributed by atoms with Gasteiger partial charge < -0.3 is 9.80 Å². The van der Waals surface area contributed by atoms with Crippen LogP contribution in [0, 0.1) is 6.92 Å². The SMILES string of the molecule is Cc1cc(N(C)CC(=O)N(C)C)n2ncnc2n1. The van der Waals surface area contributed by atoms with Crippen molar-refractivity contribution in [2.24, 2.45) is 0 Å². The molecule has 0 saturated heterocycles. The van der Waals surface area contributed by atoms with Crippen molar-refractivity contribution in [3.05, 3.63) is 18.1 Å². The van der Waals surface area contributed by atoms with E-state index >= 15 is 0 Å². The molecule has 2 heterocycles. The normalized spacial score (nSPS) is 10.7. The van der Waals surface area contributed by atoms with Crippen molar-refractivity contribution in [1.29, 1.82) is 0 Å². The predicted molar refractivity (Wildman–Crippen MR) is 67.5 cm³/mol. The first kappa shape index (κ1) is 12.3. The number of hydrogen-bond acceptors (Lipinski definition) is 5. The number of rotatable bonds is 3. The smallest absolute Gasteiger partial charge is 0.254 e. The Hall–Kier alpha value is -2.18. The van der Waals surface area contributed by atoms with Gasteiger partial charge >= 0.3 is 0 Å². The van der Waals surface area contributed by atoms with Crippen molar-refractivity contribution in [2.45, 2.75) is 6.92 Å². The molecule has 0 bridgehead atoms. The minimum Gasteiger partial charge on any atom is -0.350 e. The molecule has 0 aromatic carbocycles. The number of aryl methyl sites for hydroxylation is 1. The number of hydrogen-bond donors (Lipinski definition) is 0. The monoisotopic (exact) mass is 248 g/mol. The minimum atomic E-state index is 0.0280. The summed E-state index contributed by atoms with van der Waals surface area (Å²) in [5.74, 6) is 1.36. The van der Waals surface area contributed by atoms with Gasteiger partial charge in [0.1, 0.15) is 12.1 Å². The molecule has 0 radical (unpaired) electrons. The molecule has 1 amide bonds. The molecular weight excluding hydrogens is 232 g/mol.